The summed E-state index contributed by atoms with van der Waals surface area (Å²) < 4.78 is 6.77. The van der Waals surface area contributed by atoms with Crippen LogP contribution in [0, 0.1) is 0 Å². The normalized spacial score (nSPS) is 10.3. The monoisotopic (exact) mass is 395 g/mol. The standard InChI is InChI=1S/C20H17N5O2.ClH/c1-2-27-20(26)14-8-10-15(11-9-14)24-18-17-12-23-25(19(17)22-13-21-18)16-6-4-3-5-7-16;/h3-13H,2H2,1H3,(H,21,22,24);1H. The van der Waals surface area contributed by atoms with Crippen molar-refractivity contribution in [2.24, 2.45) is 0 Å². The number of esters is 1. The summed E-state index contributed by atoms with van der Waals surface area (Å²) in [6, 6.07) is 16.8. The first-order valence-corrected chi connectivity index (χ1v) is 8.54. The molecule has 142 valence electrons. The third-order valence-electron chi connectivity index (χ3n) is 4.03. The lowest BCUT2D eigenvalue weighted by Gasteiger charge is -2.08. The molecule has 0 fully saturated rings. The molecule has 0 aliphatic carbocycles. The molecule has 0 amide bonds. The molecule has 0 saturated carbocycles. The summed E-state index contributed by atoms with van der Waals surface area (Å²) >= 11 is 0. The third kappa shape index (κ3) is 3.79. The molecule has 0 aliphatic rings. The predicted molar refractivity (Wildman–Crippen MR) is 110 cm³/mol. The van der Waals surface area contributed by atoms with Gasteiger partial charge in [-0.1, -0.05) is 18.2 Å². The van der Waals surface area contributed by atoms with E-state index in [1.165, 1.54) is 6.33 Å². The zero-order chi connectivity index (χ0) is 18.6. The van der Waals surface area contributed by atoms with E-state index < -0.39 is 0 Å². The van der Waals surface area contributed by atoms with Crippen LogP contribution < -0.4 is 5.32 Å². The van der Waals surface area contributed by atoms with Gasteiger partial charge in [-0.15, -0.1) is 12.4 Å². The Morgan fingerprint density at radius 2 is 1.82 bits per heavy atom. The van der Waals surface area contributed by atoms with E-state index in [1.54, 1.807) is 29.9 Å². The smallest absolute Gasteiger partial charge is 0.338 e. The maximum absolute atomic E-state index is 11.8. The molecular formula is C20H18ClN5O2. The zero-order valence-electron chi connectivity index (χ0n) is 15.1. The lowest BCUT2D eigenvalue weighted by Crippen LogP contribution is -2.04. The molecular weight excluding hydrogens is 378 g/mol. The summed E-state index contributed by atoms with van der Waals surface area (Å²) in [6.45, 7) is 2.13. The molecule has 0 aliphatic heterocycles. The van der Waals surface area contributed by atoms with Crippen LogP contribution in [-0.2, 0) is 4.74 Å². The molecule has 8 heteroatoms. The molecule has 0 bridgehead atoms. The van der Waals surface area contributed by atoms with Crippen molar-refractivity contribution in [3.8, 4) is 5.69 Å². The van der Waals surface area contributed by atoms with Crippen molar-refractivity contribution in [3.63, 3.8) is 0 Å². The molecule has 4 aromatic rings. The number of nitrogens with zero attached hydrogens (tertiary/aromatic N) is 4. The Morgan fingerprint density at radius 1 is 1.07 bits per heavy atom. The molecule has 4 rings (SSSR count). The molecule has 0 atom stereocenters. The Kier molecular flexibility index (Phi) is 5.86. The van der Waals surface area contributed by atoms with Crippen molar-refractivity contribution >= 4 is 40.9 Å². The number of rotatable bonds is 5. The highest BCUT2D eigenvalue weighted by Crippen LogP contribution is 2.24. The van der Waals surface area contributed by atoms with E-state index in [1.807, 2.05) is 42.5 Å². The average Bonchev–Trinajstić information content (AvgIpc) is 3.15. The zero-order valence-corrected chi connectivity index (χ0v) is 15.9. The van der Waals surface area contributed by atoms with Crippen LogP contribution >= 0.6 is 12.4 Å². The number of hydrogen-bond acceptors (Lipinski definition) is 6. The number of hydrogen-bond donors (Lipinski definition) is 1. The van der Waals surface area contributed by atoms with Gasteiger partial charge in [-0.3, -0.25) is 0 Å². The predicted octanol–water partition coefficient (Wildman–Crippen LogP) is 4.16. The van der Waals surface area contributed by atoms with Crippen LogP contribution in [0.1, 0.15) is 17.3 Å². The minimum atomic E-state index is -0.336. The summed E-state index contributed by atoms with van der Waals surface area (Å²) in [4.78, 5) is 20.4. The van der Waals surface area contributed by atoms with Gasteiger partial charge in [0.2, 0.25) is 0 Å². The van der Waals surface area contributed by atoms with Crippen LogP contribution in [0.3, 0.4) is 0 Å². The van der Waals surface area contributed by atoms with E-state index in [0.29, 0.717) is 23.6 Å². The molecule has 0 spiro atoms. The second-order valence-corrected chi connectivity index (χ2v) is 5.77. The third-order valence-corrected chi connectivity index (χ3v) is 4.03. The van der Waals surface area contributed by atoms with E-state index >= 15 is 0 Å². The van der Waals surface area contributed by atoms with E-state index in [0.717, 1.165) is 16.8 Å². The minimum Gasteiger partial charge on any atom is -0.462 e. The maximum atomic E-state index is 11.8. The fourth-order valence-electron chi connectivity index (χ4n) is 2.74. The summed E-state index contributed by atoms with van der Waals surface area (Å²) in [5.41, 5.74) is 2.94. The van der Waals surface area contributed by atoms with Crippen LogP contribution in [0.2, 0.25) is 0 Å². The van der Waals surface area contributed by atoms with Gasteiger partial charge in [-0.2, -0.15) is 5.10 Å². The van der Waals surface area contributed by atoms with Crippen molar-refractivity contribution < 1.29 is 9.53 Å². The van der Waals surface area contributed by atoms with Gasteiger partial charge in [0, 0.05) is 5.69 Å². The highest BCUT2D eigenvalue weighted by molar-refractivity contribution is 5.91. The fourth-order valence-corrected chi connectivity index (χ4v) is 2.74. The first-order chi connectivity index (χ1) is 13.3. The molecule has 2 aromatic heterocycles. The van der Waals surface area contributed by atoms with Crippen LogP contribution in [0.5, 0.6) is 0 Å². The van der Waals surface area contributed by atoms with E-state index in [9.17, 15) is 4.79 Å². The van der Waals surface area contributed by atoms with Crippen molar-refractivity contribution in [3.05, 3.63) is 72.7 Å². The van der Waals surface area contributed by atoms with E-state index in [-0.39, 0.29) is 18.4 Å². The molecule has 0 unspecified atom stereocenters. The van der Waals surface area contributed by atoms with Gasteiger partial charge in [-0.25, -0.2) is 19.4 Å². The Hall–Kier alpha value is -3.45. The molecule has 7 nitrogen and oxygen atoms in total. The van der Waals surface area contributed by atoms with Gasteiger partial charge in [0.15, 0.2) is 5.65 Å². The van der Waals surface area contributed by atoms with Crippen LogP contribution in [0.15, 0.2) is 67.1 Å². The maximum Gasteiger partial charge on any atom is 0.338 e. The average molecular weight is 396 g/mol. The highest BCUT2D eigenvalue weighted by Gasteiger charge is 2.12. The molecule has 28 heavy (non-hydrogen) atoms. The second-order valence-electron chi connectivity index (χ2n) is 5.77. The van der Waals surface area contributed by atoms with Crippen molar-refractivity contribution in [2.45, 2.75) is 6.92 Å². The number of carbonyl (C=O) groups excluding carboxylic acids is 1. The van der Waals surface area contributed by atoms with E-state index in [2.05, 4.69) is 20.4 Å². The Labute approximate surface area is 167 Å². The van der Waals surface area contributed by atoms with Crippen LogP contribution in [0.4, 0.5) is 11.5 Å². The topological polar surface area (TPSA) is 81.9 Å². The molecule has 2 aromatic carbocycles. The number of halogens is 1. The van der Waals surface area contributed by atoms with Crippen molar-refractivity contribution in [2.75, 3.05) is 11.9 Å². The number of anilines is 2. The quantitative estimate of drug-likeness (QED) is 0.511. The lowest BCUT2D eigenvalue weighted by molar-refractivity contribution is 0.0526. The number of carbonyl (C=O) groups is 1. The Balaban J connectivity index is 0.00000225. The van der Waals surface area contributed by atoms with Crippen LogP contribution in [-0.4, -0.2) is 32.3 Å². The number of nitrogens with one attached hydrogen (secondary N) is 1. The first kappa shape index (κ1) is 19.3. The number of ether oxygens (including phenoxy) is 1. The summed E-state index contributed by atoms with van der Waals surface area (Å²) in [6.07, 6.45) is 3.23. The SMILES string of the molecule is CCOC(=O)c1ccc(Nc2ncnc3c2cnn3-c2ccccc2)cc1.Cl. The van der Waals surface area contributed by atoms with Crippen molar-refractivity contribution in [1.29, 1.82) is 0 Å². The highest BCUT2D eigenvalue weighted by atomic mass is 35.5. The van der Waals surface area contributed by atoms with Gasteiger partial charge in [-0.05, 0) is 43.3 Å². The number of aromatic nitrogens is 4. The fraction of sp³-hybridized carbons (Fsp3) is 0.100. The number of fused-ring (bicyclic) bond motifs is 1. The second kappa shape index (κ2) is 8.49. The lowest BCUT2D eigenvalue weighted by atomic mass is 10.2. The largest absolute Gasteiger partial charge is 0.462 e. The van der Waals surface area contributed by atoms with Crippen LogP contribution in [0.25, 0.3) is 16.7 Å². The summed E-state index contributed by atoms with van der Waals surface area (Å²) in [5, 5.41) is 8.49. The Morgan fingerprint density at radius 3 is 2.54 bits per heavy atom. The number of benzene rings is 2. The molecule has 0 saturated heterocycles. The first-order valence-electron chi connectivity index (χ1n) is 8.54. The van der Waals surface area contributed by atoms with Gasteiger partial charge in [0.25, 0.3) is 0 Å². The van der Waals surface area contributed by atoms with E-state index in [4.69, 9.17) is 4.74 Å². The summed E-state index contributed by atoms with van der Waals surface area (Å²) in [5.74, 6) is 0.309. The van der Waals surface area contributed by atoms with Gasteiger partial charge in [0.1, 0.15) is 12.1 Å². The molecule has 2 heterocycles. The van der Waals surface area contributed by atoms with Gasteiger partial charge in [0.05, 0.1) is 29.4 Å². The number of para-hydroxylation sites is 1. The van der Waals surface area contributed by atoms with Crippen molar-refractivity contribution in [1.82, 2.24) is 19.7 Å². The molecule has 1 N–H and O–H groups in total. The minimum absolute atomic E-state index is 0. The molecule has 0 radical (unpaired) electrons. The van der Waals surface area contributed by atoms with Gasteiger partial charge >= 0.3 is 5.97 Å². The van der Waals surface area contributed by atoms with Gasteiger partial charge < -0.3 is 10.1 Å². The summed E-state index contributed by atoms with van der Waals surface area (Å²) in [7, 11) is 0. The Bertz CT molecular complexity index is 1080.